The molecule has 3 N–H and O–H groups in total. The van der Waals surface area contributed by atoms with Gasteiger partial charge in [-0.05, 0) is 24.3 Å². The van der Waals surface area contributed by atoms with Gasteiger partial charge in [-0.2, -0.15) is 0 Å². The van der Waals surface area contributed by atoms with Gasteiger partial charge in [0.05, 0.1) is 0 Å². The lowest BCUT2D eigenvalue weighted by atomic mass is 9.96. The zero-order valence-corrected chi connectivity index (χ0v) is 10.5. The summed E-state index contributed by atoms with van der Waals surface area (Å²) in [6.45, 7) is 1.61. The molecule has 1 unspecified atom stereocenters. The SMILES string of the molecule is NC(C(=O)N1CCC(CO)CC1)c1ccccc1. The molecule has 18 heavy (non-hydrogen) atoms. The third-order valence-electron chi connectivity index (χ3n) is 3.61. The zero-order valence-electron chi connectivity index (χ0n) is 10.5. The van der Waals surface area contributed by atoms with Crippen LogP contribution in [0.2, 0.25) is 0 Å². The third kappa shape index (κ3) is 2.89. The minimum atomic E-state index is -0.572. The number of aliphatic hydroxyl groups excluding tert-OH is 1. The Balaban J connectivity index is 1.96. The Hall–Kier alpha value is -1.39. The van der Waals surface area contributed by atoms with Gasteiger partial charge in [0.15, 0.2) is 0 Å². The molecule has 4 nitrogen and oxygen atoms in total. The van der Waals surface area contributed by atoms with Crippen molar-refractivity contribution < 1.29 is 9.90 Å². The zero-order chi connectivity index (χ0) is 13.0. The standard InChI is InChI=1S/C14H20N2O2/c15-13(12-4-2-1-3-5-12)14(18)16-8-6-11(10-17)7-9-16/h1-5,11,13,17H,6-10,15H2. The van der Waals surface area contributed by atoms with Crippen LogP contribution in [0.3, 0.4) is 0 Å². The highest BCUT2D eigenvalue weighted by atomic mass is 16.3. The van der Waals surface area contributed by atoms with E-state index in [0.29, 0.717) is 19.0 Å². The minimum absolute atomic E-state index is 0.0161. The van der Waals surface area contributed by atoms with E-state index in [-0.39, 0.29) is 12.5 Å². The van der Waals surface area contributed by atoms with E-state index in [2.05, 4.69) is 0 Å². The highest BCUT2D eigenvalue weighted by molar-refractivity contribution is 5.83. The maximum absolute atomic E-state index is 12.2. The fourth-order valence-electron chi connectivity index (χ4n) is 2.34. The molecule has 0 bridgehead atoms. The topological polar surface area (TPSA) is 66.6 Å². The second-order valence-electron chi connectivity index (χ2n) is 4.84. The van der Waals surface area contributed by atoms with Gasteiger partial charge in [0.2, 0.25) is 5.91 Å². The van der Waals surface area contributed by atoms with Gasteiger partial charge in [0.1, 0.15) is 6.04 Å². The van der Waals surface area contributed by atoms with Crippen molar-refractivity contribution in [1.82, 2.24) is 4.90 Å². The second kappa shape index (κ2) is 5.98. The Kier molecular flexibility index (Phi) is 4.33. The first kappa shape index (κ1) is 13.1. The first-order valence-corrected chi connectivity index (χ1v) is 6.42. The Labute approximate surface area is 107 Å². The van der Waals surface area contributed by atoms with E-state index in [4.69, 9.17) is 10.8 Å². The van der Waals surface area contributed by atoms with Gasteiger partial charge in [0.25, 0.3) is 0 Å². The molecule has 1 heterocycles. The lowest BCUT2D eigenvalue weighted by Gasteiger charge is -2.32. The Bertz CT molecular complexity index is 386. The van der Waals surface area contributed by atoms with E-state index in [1.165, 1.54) is 0 Å². The summed E-state index contributed by atoms with van der Waals surface area (Å²) in [5.41, 5.74) is 6.85. The molecule has 1 atom stereocenters. The second-order valence-corrected chi connectivity index (χ2v) is 4.84. The first-order valence-electron chi connectivity index (χ1n) is 6.42. The van der Waals surface area contributed by atoms with Gasteiger partial charge >= 0.3 is 0 Å². The molecule has 0 aliphatic carbocycles. The molecule has 98 valence electrons. The lowest BCUT2D eigenvalue weighted by molar-refractivity contribution is -0.134. The van der Waals surface area contributed by atoms with Crippen LogP contribution in [0.25, 0.3) is 0 Å². The Morgan fingerprint density at radius 3 is 2.50 bits per heavy atom. The highest BCUT2D eigenvalue weighted by Gasteiger charge is 2.26. The summed E-state index contributed by atoms with van der Waals surface area (Å²) in [7, 11) is 0. The fourth-order valence-corrected chi connectivity index (χ4v) is 2.34. The largest absolute Gasteiger partial charge is 0.396 e. The van der Waals surface area contributed by atoms with Gasteiger partial charge in [-0.25, -0.2) is 0 Å². The third-order valence-corrected chi connectivity index (χ3v) is 3.61. The van der Waals surface area contributed by atoms with Gasteiger partial charge in [-0.1, -0.05) is 30.3 Å². The number of nitrogens with zero attached hydrogens (tertiary/aromatic N) is 1. The Morgan fingerprint density at radius 1 is 1.33 bits per heavy atom. The van der Waals surface area contributed by atoms with Crippen LogP contribution < -0.4 is 5.73 Å². The number of hydrogen-bond donors (Lipinski definition) is 2. The molecule has 1 saturated heterocycles. The number of likely N-dealkylation sites (tertiary alicyclic amines) is 1. The molecule has 1 aromatic carbocycles. The Morgan fingerprint density at radius 2 is 1.94 bits per heavy atom. The number of rotatable bonds is 3. The van der Waals surface area contributed by atoms with Crippen LogP contribution in [0, 0.1) is 5.92 Å². The highest BCUT2D eigenvalue weighted by Crippen LogP contribution is 2.20. The van der Waals surface area contributed by atoms with Crippen LogP contribution >= 0.6 is 0 Å². The number of aliphatic hydroxyl groups is 1. The normalized spacial score (nSPS) is 18.7. The van der Waals surface area contributed by atoms with Gasteiger partial charge in [-0.15, -0.1) is 0 Å². The summed E-state index contributed by atoms with van der Waals surface area (Å²) in [5.74, 6) is 0.319. The number of benzene rings is 1. The average molecular weight is 248 g/mol. The molecule has 1 aliphatic rings. The van der Waals surface area contributed by atoms with Gasteiger partial charge < -0.3 is 15.7 Å². The van der Waals surface area contributed by atoms with E-state index in [1.807, 2.05) is 35.2 Å². The number of amides is 1. The van der Waals surface area contributed by atoms with Crippen LogP contribution in [0.1, 0.15) is 24.4 Å². The molecular weight excluding hydrogens is 228 g/mol. The molecular formula is C14H20N2O2. The number of nitrogens with two attached hydrogens (primary N) is 1. The summed E-state index contributed by atoms with van der Waals surface area (Å²) >= 11 is 0. The quantitative estimate of drug-likeness (QED) is 0.836. The van der Waals surface area contributed by atoms with E-state index in [0.717, 1.165) is 18.4 Å². The smallest absolute Gasteiger partial charge is 0.244 e. The summed E-state index contributed by atoms with van der Waals surface area (Å²) in [4.78, 5) is 14.0. The molecule has 1 fully saturated rings. The number of hydrogen-bond acceptors (Lipinski definition) is 3. The molecule has 0 radical (unpaired) electrons. The van der Waals surface area contributed by atoms with E-state index >= 15 is 0 Å². The molecule has 1 amide bonds. The lowest BCUT2D eigenvalue weighted by Crippen LogP contribution is -2.43. The summed E-state index contributed by atoms with van der Waals surface area (Å²) in [6, 6.07) is 8.87. The maximum Gasteiger partial charge on any atom is 0.244 e. The van der Waals surface area contributed by atoms with Crippen LogP contribution in [0.15, 0.2) is 30.3 Å². The molecule has 1 aliphatic heterocycles. The molecule has 0 saturated carbocycles. The maximum atomic E-state index is 12.2. The van der Waals surface area contributed by atoms with Crippen LogP contribution in [0.5, 0.6) is 0 Å². The fraction of sp³-hybridized carbons (Fsp3) is 0.500. The predicted molar refractivity (Wildman–Crippen MR) is 69.8 cm³/mol. The molecule has 1 aromatic rings. The van der Waals surface area contributed by atoms with E-state index in [1.54, 1.807) is 0 Å². The molecule has 2 rings (SSSR count). The van der Waals surface area contributed by atoms with Crippen molar-refractivity contribution in [3.8, 4) is 0 Å². The predicted octanol–water partition coefficient (Wildman–Crippen LogP) is 0.917. The van der Waals surface area contributed by atoms with Gasteiger partial charge in [-0.3, -0.25) is 4.79 Å². The summed E-state index contributed by atoms with van der Waals surface area (Å²) in [6.07, 6.45) is 1.73. The van der Waals surface area contributed by atoms with Crippen LogP contribution in [-0.4, -0.2) is 35.6 Å². The van der Waals surface area contributed by atoms with Crippen LogP contribution in [-0.2, 0) is 4.79 Å². The van der Waals surface area contributed by atoms with Crippen LogP contribution in [0.4, 0.5) is 0 Å². The van der Waals surface area contributed by atoms with Crippen molar-refractivity contribution >= 4 is 5.91 Å². The van der Waals surface area contributed by atoms with Crippen molar-refractivity contribution in [2.45, 2.75) is 18.9 Å². The average Bonchev–Trinajstić information content (AvgIpc) is 2.47. The van der Waals surface area contributed by atoms with Crippen molar-refractivity contribution in [3.05, 3.63) is 35.9 Å². The summed E-state index contributed by atoms with van der Waals surface area (Å²) < 4.78 is 0. The number of carbonyl (C=O) groups is 1. The molecule has 0 aromatic heterocycles. The van der Waals surface area contributed by atoms with Gasteiger partial charge in [0, 0.05) is 19.7 Å². The summed E-state index contributed by atoms with van der Waals surface area (Å²) in [5, 5.41) is 9.07. The van der Waals surface area contributed by atoms with E-state index < -0.39 is 6.04 Å². The van der Waals surface area contributed by atoms with Crippen molar-refractivity contribution in [2.24, 2.45) is 11.7 Å². The minimum Gasteiger partial charge on any atom is -0.396 e. The molecule has 0 spiro atoms. The van der Waals surface area contributed by atoms with Crippen molar-refractivity contribution in [3.63, 3.8) is 0 Å². The number of piperidine rings is 1. The van der Waals surface area contributed by atoms with Crippen molar-refractivity contribution in [2.75, 3.05) is 19.7 Å². The monoisotopic (exact) mass is 248 g/mol. The molecule has 4 heteroatoms. The van der Waals surface area contributed by atoms with E-state index in [9.17, 15) is 4.79 Å². The van der Waals surface area contributed by atoms with Crippen molar-refractivity contribution in [1.29, 1.82) is 0 Å². The first-order chi connectivity index (χ1) is 8.72. The number of carbonyl (C=O) groups excluding carboxylic acids is 1.